The third-order valence-corrected chi connectivity index (χ3v) is 6.88. The Morgan fingerprint density at radius 3 is 2.14 bits per heavy atom. The summed E-state index contributed by atoms with van der Waals surface area (Å²) in [7, 11) is 4.88. The number of carbonyl (C=O) groups excluding carboxylic acids is 2. The van der Waals surface area contributed by atoms with Gasteiger partial charge in [0.05, 0.1) is 45.5 Å². The van der Waals surface area contributed by atoms with Crippen LogP contribution < -0.4 is 19.1 Å². The molecule has 7 nitrogen and oxygen atoms in total. The van der Waals surface area contributed by atoms with Gasteiger partial charge in [0.15, 0.2) is 11.5 Å². The van der Waals surface area contributed by atoms with E-state index < -0.39 is 6.04 Å². The lowest BCUT2D eigenvalue weighted by Crippen LogP contribution is -2.47. The molecular weight excluding hydrogens is 444 g/mol. The quantitative estimate of drug-likeness (QED) is 0.506. The van der Waals surface area contributed by atoms with Gasteiger partial charge in [-0.15, -0.1) is 0 Å². The number of ether oxygens (including phenoxy) is 3. The van der Waals surface area contributed by atoms with Crippen LogP contribution in [-0.4, -0.2) is 50.6 Å². The van der Waals surface area contributed by atoms with E-state index in [-0.39, 0.29) is 24.3 Å². The van der Waals surface area contributed by atoms with Crippen molar-refractivity contribution in [3.8, 4) is 17.2 Å². The van der Waals surface area contributed by atoms with Crippen LogP contribution in [0.4, 0.5) is 5.69 Å². The van der Waals surface area contributed by atoms with Crippen molar-refractivity contribution in [3.63, 3.8) is 0 Å². The van der Waals surface area contributed by atoms with Crippen LogP contribution in [0, 0.1) is 0 Å². The maximum atomic E-state index is 13.7. The van der Waals surface area contributed by atoms with Crippen molar-refractivity contribution in [3.05, 3.63) is 83.4 Å². The molecule has 0 aromatic heterocycles. The lowest BCUT2D eigenvalue weighted by atomic mass is 9.86. The molecule has 0 bridgehead atoms. The fourth-order valence-corrected chi connectivity index (χ4v) is 5.26. The summed E-state index contributed by atoms with van der Waals surface area (Å²) >= 11 is 0. The van der Waals surface area contributed by atoms with Crippen molar-refractivity contribution in [2.24, 2.45) is 0 Å². The van der Waals surface area contributed by atoms with Crippen molar-refractivity contribution in [2.45, 2.75) is 24.9 Å². The number of rotatable bonds is 6. The highest BCUT2D eigenvalue weighted by Gasteiger charge is 2.47. The molecule has 1 fully saturated rings. The van der Waals surface area contributed by atoms with Crippen LogP contribution in [0.5, 0.6) is 17.2 Å². The van der Waals surface area contributed by atoms with Gasteiger partial charge in [-0.2, -0.15) is 0 Å². The maximum absolute atomic E-state index is 13.7. The number of amides is 2. The van der Waals surface area contributed by atoms with E-state index in [0.717, 1.165) is 22.4 Å². The molecule has 0 N–H and O–H groups in total. The first kappa shape index (κ1) is 22.9. The van der Waals surface area contributed by atoms with Crippen molar-refractivity contribution in [1.82, 2.24) is 4.90 Å². The van der Waals surface area contributed by atoms with Gasteiger partial charge in [-0.05, 0) is 47.9 Å². The average Bonchev–Trinajstić information content (AvgIpc) is 3.20. The molecule has 5 rings (SSSR count). The number of carbonyl (C=O) groups is 2. The number of methoxy groups -OCH3 is 3. The highest BCUT2D eigenvalue weighted by molar-refractivity contribution is 6.22. The predicted molar refractivity (Wildman–Crippen MR) is 132 cm³/mol. The van der Waals surface area contributed by atoms with Crippen LogP contribution in [0.25, 0.3) is 0 Å². The minimum atomic E-state index is -0.584. The van der Waals surface area contributed by atoms with Crippen molar-refractivity contribution < 1.29 is 23.8 Å². The van der Waals surface area contributed by atoms with E-state index in [2.05, 4.69) is 4.90 Å². The normalized spacial score (nSPS) is 20.0. The summed E-state index contributed by atoms with van der Waals surface area (Å²) in [6.45, 7) is 0.609. The molecule has 0 aliphatic carbocycles. The van der Waals surface area contributed by atoms with Gasteiger partial charge < -0.3 is 14.2 Å². The molecule has 2 aliphatic heterocycles. The van der Waals surface area contributed by atoms with Crippen molar-refractivity contribution in [1.29, 1.82) is 0 Å². The van der Waals surface area contributed by atoms with Crippen molar-refractivity contribution in [2.75, 3.05) is 32.8 Å². The van der Waals surface area contributed by atoms with Crippen LogP contribution in [0.15, 0.2) is 66.7 Å². The Balaban J connectivity index is 1.62. The minimum Gasteiger partial charge on any atom is -0.496 e. The second-order valence-corrected chi connectivity index (χ2v) is 8.66. The van der Waals surface area contributed by atoms with Crippen molar-refractivity contribution >= 4 is 17.5 Å². The molecule has 0 saturated carbocycles. The average molecular weight is 473 g/mol. The number of anilines is 1. The monoisotopic (exact) mass is 472 g/mol. The zero-order chi connectivity index (χ0) is 24.5. The van der Waals surface area contributed by atoms with E-state index in [1.807, 2.05) is 54.6 Å². The number of hydrogen-bond acceptors (Lipinski definition) is 6. The fourth-order valence-electron chi connectivity index (χ4n) is 5.26. The number of hydrogen-bond donors (Lipinski definition) is 0. The van der Waals surface area contributed by atoms with Gasteiger partial charge in [-0.25, -0.2) is 4.90 Å². The Labute approximate surface area is 204 Å². The number of para-hydroxylation sites is 2. The molecule has 0 spiro atoms. The summed E-state index contributed by atoms with van der Waals surface area (Å²) in [5.74, 6) is 1.61. The molecule has 2 aliphatic rings. The zero-order valence-corrected chi connectivity index (χ0v) is 20.1. The standard InChI is InChI=1S/C28H28N2O5/c1-33-23-12-8-7-11-20(23)27-21-16-25(35-3)24(34-2)15-18(21)13-14-29(27)22-17-26(31)30(28(22)32)19-9-5-4-6-10-19/h4-12,15-16,22,27H,13-14,17H2,1-3H3/t22-,27+/m1/s1. The number of imide groups is 1. The highest BCUT2D eigenvalue weighted by atomic mass is 16.5. The Hall–Kier alpha value is -3.84. The highest BCUT2D eigenvalue weighted by Crippen LogP contribution is 2.45. The van der Waals surface area contributed by atoms with E-state index in [1.165, 1.54) is 4.90 Å². The van der Waals surface area contributed by atoms with Gasteiger partial charge in [0, 0.05) is 12.1 Å². The molecule has 2 amide bonds. The third kappa shape index (κ3) is 3.91. The molecule has 2 heterocycles. The molecule has 3 aromatic carbocycles. The molecule has 180 valence electrons. The van der Waals surface area contributed by atoms with Crippen LogP contribution in [0.2, 0.25) is 0 Å². The molecule has 7 heteroatoms. The summed E-state index contributed by atoms with van der Waals surface area (Å²) < 4.78 is 16.9. The van der Waals surface area contributed by atoms with Gasteiger partial charge in [0.1, 0.15) is 5.75 Å². The van der Waals surface area contributed by atoms with Gasteiger partial charge in [-0.3, -0.25) is 14.5 Å². The molecular formula is C28H28N2O5. The van der Waals surface area contributed by atoms with Gasteiger partial charge in [-0.1, -0.05) is 36.4 Å². The van der Waals surface area contributed by atoms with Crippen LogP contribution in [-0.2, 0) is 16.0 Å². The first-order chi connectivity index (χ1) is 17.1. The SMILES string of the molecule is COc1cc2c(cc1OC)[C@H](c1ccccc1OC)N([C@@H]1CC(=O)N(c3ccccc3)C1=O)CC2. The van der Waals surface area contributed by atoms with Gasteiger partial charge in [0.2, 0.25) is 5.91 Å². The zero-order valence-electron chi connectivity index (χ0n) is 20.1. The number of nitrogens with zero attached hydrogens (tertiary/aromatic N) is 2. The Kier molecular flexibility index (Phi) is 6.17. The second-order valence-electron chi connectivity index (χ2n) is 8.66. The molecule has 35 heavy (non-hydrogen) atoms. The minimum absolute atomic E-state index is 0.127. The van der Waals surface area contributed by atoms with Gasteiger partial charge >= 0.3 is 0 Å². The Morgan fingerprint density at radius 2 is 1.43 bits per heavy atom. The van der Waals surface area contributed by atoms with Crippen LogP contribution in [0.3, 0.4) is 0 Å². The van der Waals surface area contributed by atoms with E-state index in [4.69, 9.17) is 14.2 Å². The van der Waals surface area contributed by atoms with Crippen LogP contribution in [0.1, 0.15) is 29.2 Å². The Bertz CT molecular complexity index is 1260. The molecule has 1 saturated heterocycles. The van der Waals surface area contributed by atoms with E-state index in [1.54, 1.807) is 33.5 Å². The number of benzene rings is 3. The Morgan fingerprint density at radius 1 is 0.771 bits per heavy atom. The smallest absolute Gasteiger partial charge is 0.251 e. The van der Waals surface area contributed by atoms with Gasteiger partial charge in [0.25, 0.3) is 5.91 Å². The van der Waals surface area contributed by atoms with E-state index >= 15 is 0 Å². The second kappa shape index (κ2) is 9.43. The topological polar surface area (TPSA) is 68.3 Å². The first-order valence-corrected chi connectivity index (χ1v) is 11.6. The summed E-state index contributed by atoms with van der Waals surface area (Å²) in [5.41, 5.74) is 3.66. The third-order valence-electron chi connectivity index (χ3n) is 6.88. The maximum Gasteiger partial charge on any atom is 0.251 e. The molecule has 3 aromatic rings. The van der Waals surface area contributed by atoms with E-state index in [9.17, 15) is 9.59 Å². The summed E-state index contributed by atoms with van der Waals surface area (Å²) in [6, 6.07) is 20.0. The fraction of sp³-hybridized carbons (Fsp3) is 0.286. The predicted octanol–water partition coefficient (Wildman–Crippen LogP) is 3.99. The summed E-state index contributed by atoms with van der Waals surface area (Å²) in [6.07, 6.45) is 0.840. The first-order valence-electron chi connectivity index (χ1n) is 11.6. The summed E-state index contributed by atoms with van der Waals surface area (Å²) in [4.78, 5) is 30.2. The molecule has 2 atom stereocenters. The molecule has 0 radical (unpaired) electrons. The lowest BCUT2D eigenvalue weighted by Gasteiger charge is -2.41. The largest absolute Gasteiger partial charge is 0.496 e. The van der Waals surface area contributed by atoms with Crippen LogP contribution >= 0.6 is 0 Å². The number of fused-ring (bicyclic) bond motifs is 1. The van der Waals surface area contributed by atoms with E-state index in [0.29, 0.717) is 30.2 Å². The molecule has 0 unspecified atom stereocenters. The lowest BCUT2D eigenvalue weighted by molar-refractivity contribution is -0.123. The summed E-state index contributed by atoms with van der Waals surface area (Å²) in [5, 5.41) is 0.